The van der Waals surface area contributed by atoms with Crippen molar-refractivity contribution in [1.29, 1.82) is 0 Å². The smallest absolute Gasteiger partial charge is 0.157 e. The average molecular weight is 303 g/mol. The van der Waals surface area contributed by atoms with Crippen LogP contribution in [0.25, 0.3) is 0 Å². The van der Waals surface area contributed by atoms with E-state index in [-0.39, 0.29) is 0 Å². The Balaban J connectivity index is 1.47. The third-order valence-corrected chi connectivity index (χ3v) is 5.22. The van der Waals surface area contributed by atoms with Gasteiger partial charge in [-0.1, -0.05) is 49.0 Å². The van der Waals surface area contributed by atoms with E-state index < -0.39 is 0 Å². The second-order valence-corrected chi connectivity index (χ2v) is 7.19. The van der Waals surface area contributed by atoms with Gasteiger partial charge in [-0.2, -0.15) is 0 Å². The lowest BCUT2D eigenvalue weighted by molar-refractivity contribution is 0.292. The van der Waals surface area contributed by atoms with Crippen LogP contribution in [0.3, 0.4) is 0 Å². The zero-order valence-corrected chi connectivity index (χ0v) is 13.6. The van der Waals surface area contributed by atoms with E-state index in [2.05, 4.69) is 47.5 Å². The second-order valence-electron chi connectivity index (χ2n) is 6.18. The normalized spacial score (nSPS) is 26.1. The summed E-state index contributed by atoms with van der Waals surface area (Å²) in [6.45, 7) is 7.02. The van der Waals surface area contributed by atoms with Gasteiger partial charge in [0.15, 0.2) is 5.17 Å². The lowest BCUT2D eigenvalue weighted by Crippen LogP contribution is -2.27. The summed E-state index contributed by atoms with van der Waals surface area (Å²) < 4.78 is 0. The van der Waals surface area contributed by atoms with E-state index in [9.17, 15) is 0 Å². The number of hydrogen-bond acceptors (Lipinski definition) is 3. The largest absolute Gasteiger partial charge is 0.357 e. The first-order chi connectivity index (χ1) is 10.3. The highest BCUT2D eigenvalue weighted by Gasteiger charge is 2.21. The molecule has 2 aliphatic rings. The minimum absolute atomic E-state index is 0.420. The standard InChI is InChI=1S/C17H25N3S/c1-14(12-20-9-5-6-10-20)11-18-17-19-16(13-21-17)15-7-3-2-4-8-15/h2-4,7-8,14,16H,5-6,9-13H2,1H3,(H,18,19). The Morgan fingerprint density at radius 3 is 2.81 bits per heavy atom. The van der Waals surface area contributed by atoms with Gasteiger partial charge in [0.1, 0.15) is 0 Å². The van der Waals surface area contributed by atoms with E-state index in [0.717, 1.165) is 17.5 Å². The fourth-order valence-electron chi connectivity index (χ4n) is 3.05. The first-order valence-electron chi connectivity index (χ1n) is 8.02. The molecule has 4 heteroatoms. The molecule has 0 bridgehead atoms. The summed E-state index contributed by atoms with van der Waals surface area (Å²) in [5, 5.41) is 4.68. The van der Waals surface area contributed by atoms with E-state index in [0.29, 0.717) is 12.0 Å². The molecule has 0 aliphatic carbocycles. The van der Waals surface area contributed by atoms with Crippen molar-refractivity contribution in [1.82, 2.24) is 10.2 Å². The van der Waals surface area contributed by atoms with Crippen LogP contribution >= 0.6 is 11.8 Å². The maximum atomic E-state index is 4.78. The van der Waals surface area contributed by atoms with Crippen LogP contribution in [0.4, 0.5) is 0 Å². The van der Waals surface area contributed by atoms with Gasteiger partial charge in [0.25, 0.3) is 0 Å². The fraction of sp³-hybridized carbons (Fsp3) is 0.588. The fourth-order valence-corrected chi connectivity index (χ4v) is 4.05. The lowest BCUT2D eigenvalue weighted by Gasteiger charge is -2.18. The van der Waals surface area contributed by atoms with E-state index >= 15 is 0 Å². The number of hydrogen-bond donors (Lipinski definition) is 1. The van der Waals surface area contributed by atoms with Crippen LogP contribution in [0.5, 0.6) is 0 Å². The van der Waals surface area contributed by atoms with Crippen LogP contribution in [-0.4, -0.2) is 42.0 Å². The molecular formula is C17H25N3S. The number of likely N-dealkylation sites (tertiary alicyclic amines) is 1. The molecule has 114 valence electrons. The molecule has 1 N–H and O–H groups in total. The summed E-state index contributed by atoms with van der Waals surface area (Å²) >= 11 is 1.86. The highest BCUT2D eigenvalue weighted by atomic mass is 32.2. The Bertz CT molecular complexity index is 468. The molecule has 0 saturated carbocycles. The van der Waals surface area contributed by atoms with E-state index in [1.54, 1.807) is 0 Å². The van der Waals surface area contributed by atoms with Crippen molar-refractivity contribution in [2.24, 2.45) is 10.9 Å². The zero-order valence-electron chi connectivity index (χ0n) is 12.8. The van der Waals surface area contributed by atoms with Gasteiger partial charge in [-0.25, -0.2) is 0 Å². The number of aliphatic imine (C=N–C) groups is 1. The summed E-state index contributed by atoms with van der Waals surface area (Å²) in [5.41, 5.74) is 1.36. The highest BCUT2D eigenvalue weighted by Crippen LogP contribution is 2.26. The molecule has 2 saturated heterocycles. The van der Waals surface area contributed by atoms with Crippen LogP contribution in [0.15, 0.2) is 35.3 Å². The van der Waals surface area contributed by atoms with Crippen LogP contribution in [0.1, 0.15) is 31.4 Å². The predicted octanol–water partition coefficient (Wildman–Crippen LogP) is 3.15. The molecule has 0 radical (unpaired) electrons. The van der Waals surface area contributed by atoms with Crippen molar-refractivity contribution in [2.75, 3.05) is 31.9 Å². The van der Waals surface area contributed by atoms with Crippen molar-refractivity contribution in [3.8, 4) is 0 Å². The molecule has 2 aliphatic heterocycles. The van der Waals surface area contributed by atoms with Gasteiger partial charge < -0.3 is 10.2 Å². The topological polar surface area (TPSA) is 27.6 Å². The molecule has 2 heterocycles. The predicted molar refractivity (Wildman–Crippen MR) is 91.9 cm³/mol. The van der Waals surface area contributed by atoms with Gasteiger partial charge in [-0.3, -0.25) is 4.99 Å². The van der Waals surface area contributed by atoms with Gasteiger partial charge in [0.2, 0.25) is 0 Å². The monoisotopic (exact) mass is 303 g/mol. The van der Waals surface area contributed by atoms with Crippen LogP contribution < -0.4 is 5.32 Å². The molecule has 0 spiro atoms. The summed E-state index contributed by atoms with van der Waals surface area (Å²) in [5.74, 6) is 1.73. The third-order valence-electron chi connectivity index (χ3n) is 4.20. The highest BCUT2D eigenvalue weighted by molar-refractivity contribution is 8.14. The molecule has 1 aromatic carbocycles. The maximum absolute atomic E-state index is 4.78. The maximum Gasteiger partial charge on any atom is 0.157 e. The third kappa shape index (κ3) is 4.24. The number of rotatable bonds is 5. The van der Waals surface area contributed by atoms with Crippen LogP contribution in [0, 0.1) is 5.92 Å². The average Bonchev–Trinajstić information content (AvgIpc) is 3.17. The summed E-state index contributed by atoms with van der Waals surface area (Å²) in [4.78, 5) is 7.36. The van der Waals surface area contributed by atoms with Crippen molar-refractivity contribution < 1.29 is 0 Å². The molecule has 2 fully saturated rings. The van der Waals surface area contributed by atoms with Gasteiger partial charge in [0.05, 0.1) is 6.04 Å². The SMILES string of the molecule is CC(CN=C1NC(c2ccccc2)CS1)CN1CCCC1. The Labute approximate surface area is 132 Å². The van der Waals surface area contributed by atoms with Gasteiger partial charge >= 0.3 is 0 Å². The molecule has 21 heavy (non-hydrogen) atoms. The first-order valence-corrected chi connectivity index (χ1v) is 9.01. The summed E-state index contributed by atoms with van der Waals surface area (Å²) in [7, 11) is 0. The molecule has 0 aromatic heterocycles. The number of benzene rings is 1. The molecule has 2 atom stereocenters. The molecule has 2 unspecified atom stereocenters. The van der Waals surface area contributed by atoms with Crippen LogP contribution in [0.2, 0.25) is 0 Å². The Hall–Kier alpha value is -1.00. The number of amidine groups is 1. The van der Waals surface area contributed by atoms with Gasteiger partial charge in [-0.05, 0) is 37.4 Å². The van der Waals surface area contributed by atoms with Crippen molar-refractivity contribution in [3.05, 3.63) is 35.9 Å². The van der Waals surface area contributed by atoms with Gasteiger partial charge in [-0.15, -0.1) is 0 Å². The number of nitrogens with one attached hydrogen (secondary N) is 1. The van der Waals surface area contributed by atoms with E-state index in [1.807, 2.05) is 11.8 Å². The minimum Gasteiger partial charge on any atom is -0.357 e. The van der Waals surface area contributed by atoms with Crippen molar-refractivity contribution >= 4 is 16.9 Å². The van der Waals surface area contributed by atoms with Gasteiger partial charge in [0, 0.05) is 18.8 Å². The van der Waals surface area contributed by atoms with E-state index in [4.69, 9.17) is 4.99 Å². The van der Waals surface area contributed by atoms with Crippen molar-refractivity contribution in [3.63, 3.8) is 0 Å². The number of nitrogens with zero attached hydrogens (tertiary/aromatic N) is 2. The molecule has 3 rings (SSSR count). The minimum atomic E-state index is 0.420. The Kier molecular flexibility index (Phi) is 5.20. The summed E-state index contributed by atoms with van der Waals surface area (Å²) in [6.07, 6.45) is 2.74. The second kappa shape index (κ2) is 7.32. The molecule has 1 aromatic rings. The molecule has 0 amide bonds. The molecule has 3 nitrogen and oxygen atoms in total. The quantitative estimate of drug-likeness (QED) is 0.905. The first kappa shape index (κ1) is 14.9. The van der Waals surface area contributed by atoms with Crippen molar-refractivity contribution in [2.45, 2.75) is 25.8 Å². The Morgan fingerprint density at radius 1 is 1.29 bits per heavy atom. The Morgan fingerprint density at radius 2 is 2.05 bits per heavy atom. The number of thioether (sulfide) groups is 1. The lowest BCUT2D eigenvalue weighted by atomic mass is 10.1. The van der Waals surface area contributed by atoms with Crippen LogP contribution in [-0.2, 0) is 0 Å². The zero-order chi connectivity index (χ0) is 14.5. The molecular weight excluding hydrogens is 278 g/mol. The summed E-state index contributed by atoms with van der Waals surface area (Å²) in [6, 6.07) is 11.1. The van der Waals surface area contributed by atoms with E-state index in [1.165, 1.54) is 38.0 Å².